The van der Waals surface area contributed by atoms with Crippen LogP contribution < -0.4 is 0 Å². The SMILES string of the molecule is CC[SiH2]C(CC1CCC2OC2C1)OC(C)OC. The molecule has 0 bridgehead atoms. The van der Waals surface area contributed by atoms with Gasteiger partial charge in [-0.15, -0.1) is 0 Å². The Hall–Kier alpha value is 0.0969. The fourth-order valence-electron chi connectivity index (χ4n) is 2.96. The third-order valence-electron chi connectivity index (χ3n) is 4.04. The molecule has 3 nitrogen and oxygen atoms in total. The maximum Gasteiger partial charge on any atom is 0.154 e. The largest absolute Gasteiger partial charge is 0.370 e. The molecule has 2 rings (SSSR count). The molecule has 2 fully saturated rings. The summed E-state index contributed by atoms with van der Waals surface area (Å²) < 4.78 is 16.8. The van der Waals surface area contributed by atoms with Gasteiger partial charge in [0, 0.05) is 12.8 Å². The van der Waals surface area contributed by atoms with Crippen LogP contribution in [0.4, 0.5) is 0 Å². The Bertz CT molecular complexity index is 237. The average molecular weight is 258 g/mol. The van der Waals surface area contributed by atoms with Crippen molar-refractivity contribution in [2.45, 2.75) is 69.8 Å². The van der Waals surface area contributed by atoms with Crippen LogP contribution in [0.15, 0.2) is 0 Å². The molecule has 5 unspecified atom stereocenters. The van der Waals surface area contributed by atoms with Crippen LogP contribution in [0.3, 0.4) is 0 Å². The first-order valence-corrected chi connectivity index (χ1v) is 8.88. The van der Waals surface area contributed by atoms with E-state index in [4.69, 9.17) is 14.2 Å². The molecule has 100 valence electrons. The van der Waals surface area contributed by atoms with Gasteiger partial charge >= 0.3 is 0 Å². The van der Waals surface area contributed by atoms with Crippen LogP contribution in [-0.2, 0) is 14.2 Å². The summed E-state index contributed by atoms with van der Waals surface area (Å²) in [4.78, 5) is 0. The van der Waals surface area contributed by atoms with Gasteiger partial charge in [0.2, 0.25) is 0 Å². The Kier molecular flexibility index (Phi) is 5.03. The average Bonchev–Trinajstić information content (AvgIpc) is 3.07. The zero-order chi connectivity index (χ0) is 12.3. The van der Waals surface area contributed by atoms with Gasteiger partial charge in [0.25, 0.3) is 0 Å². The first-order chi connectivity index (χ1) is 8.22. The van der Waals surface area contributed by atoms with Gasteiger partial charge in [-0.05, 0) is 38.5 Å². The maximum absolute atomic E-state index is 5.99. The molecule has 1 saturated carbocycles. The molecule has 1 aliphatic heterocycles. The highest BCUT2D eigenvalue weighted by Gasteiger charge is 2.44. The highest BCUT2D eigenvalue weighted by Crippen LogP contribution is 2.41. The number of ether oxygens (including phenoxy) is 3. The quantitative estimate of drug-likeness (QED) is 0.397. The summed E-state index contributed by atoms with van der Waals surface area (Å²) in [6.07, 6.45) is 6.28. The molecule has 5 atom stereocenters. The standard InChI is InChI=1S/C13H26O3Si/c1-4-17-13(15-9(2)14-3)8-10-5-6-11-12(7-10)16-11/h9-13H,4-8,17H2,1-3H3. The molecule has 0 aromatic heterocycles. The van der Waals surface area contributed by atoms with Gasteiger partial charge in [-0.25, -0.2) is 0 Å². The van der Waals surface area contributed by atoms with Crippen molar-refractivity contribution in [3.05, 3.63) is 0 Å². The van der Waals surface area contributed by atoms with Crippen LogP contribution in [0.1, 0.15) is 39.5 Å². The molecule has 1 aliphatic carbocycles. The van der Waals surface area contributed by atoms with Gasteiger partial charge in [0.05, 0.1) is 21.7 Å². The highest BCUT2D eigenvalue weighted by molar-refractivity contribution is 6.37. The van der Waals surface area contributed by atoms with Crippen LogP contribution in [0, 0.1) is 5.92 Å². The number of hydrogen-bond donors (Lipinski definition) is 0. The molecule has 17 heavy (non-hydrogen) atoms. The lowest BCUT2D eigenvalue weighted by molar-refractivity contribution is -0.127. The van der Waals surface area contributed by atoms with Crippen LogP contribution in [0.5, 0.6) is 0 Å². The molecule has 0 amide bonds. The minimum atomic E-state index is -0.108. The lowest BCUT2D eigenvalue weighted by Crippen LogP contribution is -2.30. The van der Waals surface area contributed by atoms with E-state index >= 15 is 0 Å². The number of rotatable bonds is 7. The minimum absolute atomic E-state index is 0.0486. The second kappa shape index (κ2) is 6.32. The normalized spacial score (nSPS) is 35.8. The fourth-order valence-corrected chi connectivity index (χ4v) is 4.72. The van der Waals surface area contributed by atoms with Gasteiger partial charge < -0.3 is 14.2 Å². The fraction of sp³-hybridized carbons (Fsp3) is 1.00. The van der Waals surface area contributed by atoms with E-state index in [1.165, 1.54) is 31.7 Å². The van der Waals surface area contributed by atoms with E-state index in [-0.39, 0.29) is 15.8 Å². The number of methoxy groups -OCH3 is 1. The molecular weight excluding hydrogens is 232 g/mol. The van der Waals surface area contributed by atoms with Crippen molar-refractivity contribution in [1.29, 1.82) is 0 Å². The molecule has 1 heterocycles. The maximum atomic E-state index is 5.99. The Morgan fingerprint density at radius 2 is 2.18 bits per heavy atom. The van der Waals surface area contributed by atoms with Gasteiger partial charge in [-0.3, -0.25) is 0 Å². The van der Waals surface area contributed by atoms with Gasteiger partial charge in [-0.2, -0.15) is 0 Å². The summed E-state index contributed by atoms with van der Waals surface area (Å²) in [6, 6.07) is 1.32. The predicted molar refractivity (Wildman–Crippen MR) is 71.0 cm³/mol. The second-order valence-corrected chi connectivity index (χ2v) is 7.97. The van der Waals surface area contributed by atoms with Gasteiger partial charge in [-0.1, -0.05) is 13.0 Å². The number of hydrogen-bond acceptors (Lipinski definition) is 3. The highest BCUT2D eigenvalue weighted by atomic mass is 28.2. The van der Waals surface area contributed by atoms with Crippen molar-refractivity contribution in [2.24, 2.45) is 5.92 Å². The molecule has 1 saturated heterocycles. The minimum Gasteiger partial charge on any atom is -0.370 e. The second-order valence-electron chi connectivity index (χ2n) is 5.48. The van der Waals surface area contributed by atoms with E-state index in [2.05, 4.69) is 6.92 Å². The summed E-state index contributed by atoms with van der Waals surface area (Å²) in [5, 5.41) is 0. The van der Waals surface area contributed by atoms with Crippen molar-refractivity contribution in [1.82, 2.24) is 0 Å². The summed E-state index contributed by atoms with van der Waals surface area (Å²) in [5.74, 6) is 0.826. The summed E-state index contributed by atoms with van der Waals surface area (Å²) in [6.45, 7) is 4.28. The van der Waals surface area contributed by atoms with Crippen molar-refractivity contribution >= 4 is 9.52 Å². The summed E-state index contributed by atoms with van der Waals surface area (Å²) in [5.41, 5.74) is 0.496. The molecular formula is C13H26O3Si. The van der Waals surface area contributed by atoms with Crippen LogP contribution in [0.2, 0.25) is 6.04 Å². The third-order valence-corrected chi connectivity index (χ3v) is 5.78. The van der Waals surface area contributed by atoms with E-state index in [1.54, 1.807) is 7.11 Å². The molecule has 0 radical (unpaired) electrons. The van der Waals surface area contributed by atoms with E-state index in [0.29, 0.717) is 17.9 Å². The topological polar surface area (TPSA) is 31.0 Å². The molecule has 0 aromatic carbocycles. The Balaban J connectivity index is 1.75. The molecule has 0 N–H and O–H groups in total. The van der Waals surface area contributed by atoms with Crippen molar-refractivity contribution in [3.8, 4) is 0 Å². The predicted octanol–water partition coefficient (Wildman–Crippen LogP) is 1.89. The van der Waals surface area contributed by atoms with E-state index in [9.17, 15) is 0 Å². The summed E-state index contributed by atoms with van der Waals surface area (Å²) in [7, 11) is 1.61. The number of fused-ring (bicyclic) bond motifs is 1. The van der Waals surface area contributed by atoms with Crippen LogP contribution in [-0.4, -0.2) is 40.9 Å². The van der Waals surface area contributed by atoms with Crippen molar-refractivity contribution in [2.75, 3.05) is 7.11 Å². The smallest absolute Gasteiger partial charge is 0.154 e. The van der Waals surface area contributed by atoms with E-state index in [0.717, 1.165) is 5.92 Å². The molecule has 0 aromatic rings. The number of epoxide rings is 1. The zero-order valence-electron chi connectivity index (χ0n) is 11.4. The van der Waals surface area contributed by atoms with E-state index in [1.807, 2.05) is 6.92 Å². The van der Waals surface area contributed by atoms with Crippen LogP contribution >= 0.6 is 0 Å². The van der Waals surface area contributed by atoms with Crippen molar-refractivity contribution < 1.29 is 14.2 Å². The third kappa shape index (κ3) is 4.05. The van der Waals surface area contributed by atoms with Crippen molar-refractivity contribution in [3.63, 3.8) is 0 Å². The van der Waals surface area contributed by atoms with Gasteiger partial charge in [0.15, 0.2) is 6.29 Å². The molecule has 0 spiro atoms. The Labute approximate surface area is 107 Å². The lowest BCUT2D eigenvalue weighted by atomic mass is 9.87. The van der Waals surface area contributed by atoms with Gasteiger partial charge in [0.1, 0.15) is 0 Å². The summed E-state index contributed by atoms with van der Waals surface area (Å²) >= 11 is 0. The Morgan fingerprint density at radius 3 is 2.82 bits per heavy atom. The molecule has 2 aliphatic rings. The monoisotopic (exact) mass is 258 g/mol. The zero-order valence-corrected chi connectivity index (χ0v) is 12.8. The Morgan fingerprint density at radius 1 is 1.35 bits per heavy atom. The first-order valence-electron chi connectivity index (χ1n) is 7.06. The van der Waals surface area contributed by atoms with E-state index < -0.39 is 0 Å². The first kappa shape index (κ1) is 13.5. The lowest BCUT2D eigenvalue weighted by Gasteiger charge is -2.26. The van der Waals surface area contributed by atoms with Crippen LogP contribution in [0.25, 0.3) is 0 Å². The molecule has 4 heteroatoms.